The van der Waals surface area contributed by atoms with E-state index in [9.17, 15) is 0 Å². The lowest BCUT2D eigenvalue weighted by Gasteiger charge is -2.07. The molecule has 0 saturated heterocycles. The number of benzene rings is 1. The largest absolute Gasteiger partial charge is 0.325 e. The van der Waals surface area contributed by atoms with E-state index < -0.39 is 0 Å². The first kappa shape index (κ1) is 9.07. The molecule has 0 saturated carbocycles. The summed E-state index contributed by atoms with van der Waals surface area (Å²) < 4.78 is 4.64. The third-order valence-electron chi connectivity index (χ3n) is 2.27. The summed E-state index contributed by atoms with van der Waals surface area (Å²) in [5, 5.41) is 3.36. The zero-order valence-electron chi connectivity index (χ0n) is 7.94. The maximum atomic E-state index is 3.30. The topological polar surface area (TPSA) is 12.0 Å². The summed E-state index contributed by atoms with van der Waals surface area (Å²) in [6, 6.07) is 10.7. The van der Waals surface area contributed by atoms with Crippen LogP contribution in [0.2, 0.25) is 0 Å². The third-order valence-corrected chi connectivity index (χ3v) is 4.05. The number of rotatable bonds is 1. The highest BCUT2D eigenvalue weighted by atomic mass is 32.2. The van der Waals surface area contributed by atoms with Crippen molar-refractivity contribution in [3.05, 3.63) is 52.8 Å². The Hall–Kier alpha value is -1.19. The van der Waals surface area contributed by atoms with Crippen LogP contribution in [-0.4, -0.2) is 0 Å². The van der Waals surface area contributed by atoms with Crippen LogP contribution in [0, 0.1) is 0 Å². The maximum Gasteiger partial charge on any atom is 0.0617 e. The summed E-state index contributed by atoms with van der Waals surface area (Å²) in [6.07, 6.45) is 4.18. The number of hydrogen-bond acceptors (Lipinski definition) is 3. The molecule has 0 amide bonds. The van der Waals surface area contributed by atoms with Crippen LogP contribution in [-0.2, 0) is 0 Å². The van der Waals surface area contributed by atoms with Crippen molar-refractivity contribution < 1.29 is 0 Å². The second-order valence-corrected chi connectivity index (χ2v) is 5.07. The first-order chi connectivity index (χ1) is 7.43. The molecule has 1 N–H and O–H groups in total. The van der Waals surface area contributed by atoms with Crippen LogP contribution in [0.3, 0.4) is 0 Å². The molecule has 2 heterocycles. The lowest BCUT2D eigenvalue weighted by molar-refractivity contribution is 1.45. The van der Waals surface area contributed by atoms with E-state index >= 15 is 0 Å². The summed E-state index contributed by atoms with van der Waals surface area (Å²) in [5.74, 6) is 0. The molecule has 15 heavy (non-hydrogen) atoms. The molecule has 0 bridgehead atoms. The number of thiophene rings is 1. The quantitative estimate of drug-likeness (QED) is 0.744. The van der Waals surface area contributed by atoms with Gasteiger partial charge in [-0.25, -0.2) is 0 Å². The molecule has 1 aliphatic heterocycles. The van der Waals surface area contributed by atoms with E-state index in [1.165, 1.54) is 20.7 Å². The predicted molar refractivity (Wildman–Crippen MR) is 69.7 cm³/mol. The molecule has 0 radical (unpaired) electrons. The van der Waals surface area contributed by atoms with Crippen LogP contribution in [0.5, 0.6) is 0 Å². The summed E-state index contributed by atoms with van der Waals surface area (Å²) in [4.78, 5) is 1.30. The summed E-state index contributed by atoms with van der Waals surface area (Å²) in [6.45, 7) is 0. The van der Waals surface area contributed by atoms with Crippen LogP contribution in [0.25, 0.3) is 15.8 Å². The molecule has 0 fully saturated rings. The third kappa shape index (κ3) is 1.68. The average Bonchev–Trinajstić information content (AvgIpc) is 2.74. The molecule has 74 valence electrons. The van der Waals surface area contributed by atoms with E-state index in [0.717, 1.165) is 0 Å². The smallest absolute Gasteiger partial charge is 0.0617 e. The summed E-state index contributed by atoms with van der Waals surface area (Å²) in [7, 11) is 0. The second-order valence-electron chi connectivity index (χ2n) is 3.28. The van der Waals surface area contributed by atoms with Gasteiger partial charge in [-0.2, -0.15) is 0 Å². The van der Waals surface area contributed by atoms with Crippen LogP contribution < -0.4 is 4.72 Å². The molecule has 0 atom stereocenters. The van der Waals surface area contributed by atoms with Crippen molar-refractivity contribution in [2.45, 2.75) is 0 Å². The molecule has 0 aliphatic carbocycles. The molecular formula is C12H9NS2. The van der Waals surface area contributed by atoms with Crippen molar-refractivity contribution in [3.63, 3.8) is 0 Å². The highest BCUT2D eigenvalue weighted by Gasteiger charge is 2.06. The van der Waals surface area contributed by atoms with Gasteiger partial charge in [0.2, 0.25) is 0 Å². The van der Waals surface area contributed by atoms with Gasteiger partial charge in [0, 0.05) is 4.70 Å². The van der Waals surface area contributed by atoms with Gasteiger partial charge in [0.25, 0.3) is 0 Å². The predicted octanol–water partition coefficient (Wildman–Crippen LogP) is 4.01. The fourth-order valence-electron chi connectivity index (χ4n) is 1.55. The van der Waals surface area contributed by atoms with Crippen molar-refractivity contribution in [3.8, 4) is 0 Å². The Balaban J connectivity index is 2.11. The fraction of sp³-hybridized carbons (Fsp3) is 0. The van der Waals surface area contributed by atoms with Gasteiger partial charge in [0.1, 0.15) is 0 Å². The fourth-order valence-corrected chi connectivity index (χ4v) is 3.19. The molecular weight excluding hydrogens is 222 g/mol. The normalized spacial score (nSPS) is 15.1. The maximum absolute atomic E-state index is 3.30. The van der Waals surface area contributed by atoms with Gasteiger partial charge in [0.05, 0.1) is 10.6 Å². The Morgan fingerprint density at radius 1 is 1.13 bits per heavy atom. The molecule has 1 aromatic heterocycles. The highest BCUT2D eigenvalue weighted by molar-refractivity contribution is 8.00. The van der Waals surface area contributed by atoms with E-state index in [2.05, 4.69) is 47.2 Å². The molecule has 3 rings (SSSR count). The minimum absolute atomic E-state index is 1.20. The van der Waals surface area contributed by atoms with E-state index in [-0.39, 0.29) is 0 Å². The van der Waals surface area contributed by atoms with Gasteiger partial charge in [-0.1, -0.05) is 24.3 Å². The van der Waals surface area contributed by atoms with Crippen molar-refractivity contribution in [1.82, 2.24) is 4.72 Å². The number of allylic oxidation sites excluding steroid dienone is 2. The molecule has 0 spiro atoms. The Morgan fingerprint density at radius 3 is 2.87 bits per heavy atom. The average molecular weight is 231 g/mol. The lowest BCUT2D eigenvalue weighted by atomic mass is 10.2. The minimum atomic E-state index is 1.20. The van der Waals surface area contributed by atoms with Gasteiger partial charge in [-0.15, -0.1) is 11.3 Å². The van der Waals surface area contributed by atoms with Gasteiger partial charge in [-0.3, -0.25) is 0 Å². The number of nitrogens with one attached hydrogen (secondary N) is 1. The SMILES string of the molecule is C1=CSNC(c2cc3ccccc3s2)=C1. The molecule has 1 nitrogen and oxygen atoms in total. The summed E-state index contributed by atoms with van der Waals surface area (Å²) >= 11 is 3.44. The highest BCUT2D eigenvalue weighted by Crippen LogP contribution is 2.31. The number of hydrogen-bond donors (Lipinski definition) is 1. The lowest BCUT2D eigenvalue weighted by Crippen LogP contribution is -2.00. The monoisotopic (exact) mass is 231 g/mol. The molecule has 1 aromatic carbocycles. The second kappa shape index (κ2) is 3.76. The van der Waals surface area contributed by atoms with Crippen LogP contribution in [0.15, 0.2) is 47.9 Å². The van der Waals surface area contributed by atoms with Gasteiger partial charge < -0.3 is 4.72 Å². The van der Waals surface area contributed by atoms with Crippen molar-refractivity contribution in [2.24, 2.45) is 0 Å². The van der Waals surface area contributed by atoms with E-state index in [1.807, 2.05) is 16.7 Å². The zero-order valence-corrected chi connectivity index (χ0v) is 9.57. The standard InChI is InChI=1S/C12H9NS2/c1-2-6-11-9(4-1)8-12(15-11)10-5-3-7-14-13-10/h1-8,13H. The zero-order chi connectivity index (χ0) is 10.1. The van der Waals surface area contributed by atoms with Crippen LogP contribution in [0.1, 0.15) is 4.88 Å². The first-order valence-electron chi connectivity index (χ1n) is 4.71. The Bertz CT molecular complexity index is 519. The molecule has 0 unspecified atom stereocenters. The van der Waals surface area contributed by atoms with Gasteiger partial charge >= 0.3 is 0 Å². The van der Waals surface area contributed by atoms with E-state index in [1.54, 1.807) is 11.9 Å². The molecule has 2 aromatic rings. The Morgan fingerprint density at radius 2 is 2.07 bits per heavy atom. The van der Waals surface area contributed by atoms with Crippen LogP contribution in [0.4, 0.5) is 0 Å². The van der Waals surface area contributed by atoms with Crippen molar-refractivity contribution >= 4 is 39.1 Å². The van der Waals surface area contributed by atoms with E-state index in [0.29, 0.717) is 0 Å². The molecule has 1 aliphatic rings. The van der Waals surface area contributed by atoms with Crippen molar-refractivity contribution in [1.29, 1.82) is 0 Å². The Kier molecular flexibility index (Phi) is 2.27. The Labute approximate surface area is 96.6 Å². The molecule has 3 heteroatoms. The minimum Gasteiger partial charge on any atom is -0.325 e. The van der Waals surface area contributed by atoms with E-state index in [4.69, 9.17) is 0 Å². The summed E-state index contributed by atoms with van der Waals surface area (Å²) in [5.41, 5.74) is 1.20. The van der Waals surface area contributed by atoms with Gasteiger partial charge in [0.15, 0.2) is 0 Å². The van der Waals surface area contributed by atoms with Gasteiger partial charge in [-0.05, 0) is 41.0 Å². The van der Waals surface area contributed by atoms with Crippen molar-refractivity contribution in [2.75, 3.05) is 0 Å². The van der Waals surface area contributed by atoms with Crippen LogP contribution >= 0.6 is 23.3 Å². The first-order valence-corrected chi connectivity index (χ1v) is 6.40. The number of fused-ring (bicyclic) bond motifs is 1.